The average Bonchev–Trinajstić information content (AvgIpc) is 2.30. The summed E-state index contributed by atoms with van der Waals surface area (Å²) in [6, 6.07) is 1.03. The lowest BCUT2D eigenvalue weighted by Crippen LogP contribution is -2.54. The van der Waals surface area contributed by atoms with Crippen LogP contribution in [0.1, 0.15) is 32.6 Å². The smallest absolute Gasteiger partial charge is 0.0337 e. The molecule has 0 aromatic rings. The third-order valence-electron chi connectivity index (χ3n) is 4.49. The van der Waals surface area contributed by atoms with E-state index in [4.69, 9.17) is 5.73 Å². The van der Waals surface area contributed by atoms with Gasteiger partial charge in [0.15, 0.2) is 0 Å². The van der Waals surface area contributed by atoms with Crippen LogP contribution in [0.3, 0.4) is 0 Å². The van der Waals surface area contributed by atoms with Crippen molar-refractivity contribution in [2.75, 3.05) is 25.1 Å². The fraction of sp³-hybridized carbons (Fsp3) is 1.00. The van der Waals surface area contributed by atoms with E-state index in [1.54, 1.807) is 0 Å². The molecule has 0 bridgehead atoms. The zero-order valence-electron chi connectivity index (χ0n) is 10.7. The lowest BCUT2D eigenvalue weighted by atomic mass is 9.77. The molecule has 1 saturated heterocycles. The molecule has 2 aliphatic rings. The Morgan fingerprint density at radius 1 is 1.25 bits per heavy atom. The molecule has 16 heavy (non-hydrogen) atoms. The molecule has 0 aromatic carbocycles. The number of nitrogens with zero attached hydrogens (tertiary/aromatic N) is 1. The molecule has 94 valence electrons. The Kier molecular flexibility index (Phi) is 4.57. The normalized spacial score (nSPS) is 39.6. The molecule has 2 fully saturated rings. The highest BCUT2D eigenvalue weighted by Crippen LogP contribution is 2.32. The summed E-state index contributed by atoms with van der Waals surface area (Å²) < 4.78 is 0. The van der Waals surface area contributed by atoms with Crippen LogP contribution in [0.25, 0.3) is 0 Å². The van der Waals surface area contributed by atoms with Crippen molar-refractivity contribution in [3.8, 4) is 0 Å². The zero-order valence-corrected chi connectivity index (χ0v) is 11.5. The molecule has 0 radical (unpaired) electrons. The van der Waals surface area contributed by atoms with Gasteiger partial charge in [-0.2, -0.15) is 11.8 Å². The van der Waals surface area contributed by atoms with Gasteiger partial charge in [0.25, 0.3) is 0 Å². The fourth-order valence-electron chi connectivity index (χ4n) is 3.10. The first-order valence-corrected chi connectivity index (χ1v) is 7.87. The third-order valence-corrected chi connectivity index (χ3v) is 5.54. The van der Waals surface area contributed by atoms with Crippen LogP contribution in [0, 0.1) is 11.8 Å². The Bertz CT molecular complexity index is 214. The van der Waals surface area contributed by atoms with Crippen molar-refractivity contribution >= 4 is 11.8 Å². The van der Waals surface area contributed by atoms with Gasteiger partial charge >= 0.3 is 0 Å². The van der Waals surface area contributed by atoms with Crippen molar-refractivity contribution < 1.29 is 0 Å². The summed E-state index contributed by atoms with van der Waals surface area (Å²) in [7, 11) is 2.25. The highest BCUT2D eigenvalue weighted by atomic mass is 32.2. The Balaban J connectivity index is 1.88. The topological polar surface area (TPSA) is 29.3 Å². The van der Waals surface area contributed by atoms with E-state index in [2.05, 4.69) is 30.6 Å². The molecule has 2 nitrogen and oxygen atoms in total. The zero-order chi connectivity index (χ0) is 11.5. The number of thioether (sulfide) groups is 1. The summed E-state index contributed by atoms with van der Waals surface area (Å²) in [6.07, 6.45) is 5.50. The van der Waals surface area contributed by atoms with E-state index < -0.39 is 0 Å². The fourth-order valence-corrected chi connectivity index (χ4v) is 4.40. The first-order chi connectivity index (χ1) is 7.68. The number of nitrogens with two attached hydrogens (primary N) is 1. The maximum Gasteiger partial charge on any atom is 0.0337 e. The highest BCUT2D eigenvalue weighted by molar-refractivity contribution is 7.99. The van der Waals surface area contributed by atoms with Crippen LogP contribution in [0.2, 0.25) is 0 Å². The van der Waals surface area contributed by atoms with Gasteiger partial charge in [0.2, 0.25) is 0 Å². The van der Waals surface area contributed by atoms with Crippen LogP contribution in [0.4, 0.5) is 0 Å². The number of likely N-dealkylation sites (N-methyl/N-ethyl adjacent to an activating group) is 1. The van der Waals surface area contributed by atoms with Gasteiger partial charge in [-0.25, -0.2) is 0 Å². The summed E-state index contributed by atoms with van der Waals surface area (Å²) >= 11 is 2.08. The van der Waals surface area contributed by atoms with E-state index >= 15 is 0 Å². The Labute approximate surface area is 104 Å². The van der Waals surface area contributed by atoms with Crippen LogP contribution in [0.5, 0.6) is 0 Å². The van der Waals surface area contributed by atoms with Gasteiger partial charge < -0.3 is 10.6 Å². The molecule has 2 unspecified atom stereocenters. The maximum atomic E-state index is 6.50. The molecule has 2 rings (SSSR count). The molecule has 2 atom stereocenters. The number of rotatable bonds is 2. The second kappa shape index (κ2) is 5.74. The number of hydrogen-bond donors (Lipinski definition) is 1. The predicted octanol–water partition coefficient (Wildman–Crippen LogP) is 2.19. The van der Waals surface area contributed by atoms with Gasteiger partial charge in [-0.1, -0.05) is 19.8 Å². The Morgan fingerprint density at radius 3 is 2.56 bits per heavy atom. The minimum absolute atomic E-state index is 0.408. The van der Waals surface area contributed by atoms with Crippen LogP contribution < -0.4 is 5.73 Å². The van der Waals surface area contributed by atoms with Crippen molar-refractivity contribution in [2.24, 2.45) is 17.6 Å². The first kappa shape index (κ1) is 12.7. The molecule has 0 aromatic heterocycles. The van der Waals surface area contributed by atoms with Crippen molar-refractivity contribution in [2.45, 2.75) is 44.7 Å². The van der Waals surface area contributed by atoms with Crippen molar-refractivity contribution in [1.82, 2.24) is 4.90 Å². The maximum absolute atomic E-state index is 6.50. The van der Waals surface area contributed by atoms with Crippen LogP contribution >= 0.6 is 11.8 Å². The SMILES string of the molecule is CC1CCC(C(N)C2CSCCN2C)CC1. The second-order valence-corrected chi connectivity index (χ2v) is 6.87. The summed E-state index contributed by atoms with van der Waals surface area (Å²) in [5.41, 5.74) is 6.50. The minimum atomic E-state index is 0.408. The van der Waals surface area contributed by atoms with E-state index in [9.17, 15) is 0 Å². The number of hydrogen-bond acceptors (Lipinski definition) is 3. The molecule has 2 N–H and O–H groups in total. The lowest BCUT2D eigenvalue weighted by molar-refractivity contribution is 0.163. The second-order valence-electron chi connectivity index (χ2n) is 5.72. The molecule has 1 heterocycles. The monoisotopic (exact) mass is 242 g/mol. The molecule has 0 spiro atoms. The highest BCUT2D eigenvalue weighted by Gasteiger charge is 2.32. The third kappa shape index (κ3) is 2.93. The average molecular weight is 242 g/mol. The summed E-state index contributed by atoms with van der Waals surface area (Å²) in [5, 5.41) is 0. The van der Waals surface area contributed by atoms with Gasteiger partial charge in [-0.15, -0.1) is 0 Å². The first-order valence-electron chi connectivity index (χ1n) is 6.72. The largest absolute Gasteiger partial charge is 0.326 e. The van der Waals surface area contributed by atoms with Crippen molar-refractivity contribution in [3.05, 3.63) is 0 Å². The Hall–Kier alpha value is 0.270. The minimum Gasteiger partial charge on any atom is -0.326 e. The van der Waals surface area contributed by atoms with E-state index in [1.807, 2.05) is 0 Å². The van der Waals surface area contributed by atoms with Gasteiger partial charge in [0.05, 0.1) is 0 Å². The van der Waals surface area contributed by atoms with Gasteiger partial charge in [-0.05, 0) is 31.7 Å². The molecule has 0 amide bonds. The van der Waals surface area contributed by atoms with Crippen molar-refractivity contribution in [1.29, 1.82) is 0 Å². The predicted molar refractivity (Wildman–Crippen MR) is 72.8 cm³/mol. The van der Waals surface area contributed by atoms with E-state index in [-0.39, 0.29) is 0 Å². The molecule has 1 saturated carbocycles. The van der Waals surface area contributed by atoms with Crippen LogP contribution in [0.15, 0.2) is 0 Å². The summed E-state index contributed by atoms with van der Waals surface area (Å²) in [6.45, 7) is 3.59. The van der Waals surface area contributed by atoms with Crippen LogP contribution in [-0.4, -0.2) is 42.1 Å². The van der Waals surface area contributed by atoms with Gasteiger partial charge in [-0.3, -0.25) is 0 Å². The molecular weight excluding hydrogens is 216 g/mol. The summed E-state index contributed by atoms with van der Waals surface area (Å²) in [5.74, 6) is 4.23. The molecule has 1 aliphatic heterocycles. The molecule has 3 heteroatoms. The van der Waals surface area contributed by atoms with E-state index in [1.165, 1.54) is 43.7 Å². The van der Waals surface area contributed by atoms with E-state index in [0.717, 1.165) is 11.8 Å². The standard InChI is InChI=1S/C13H26N2S/c1-10-3-5-11(6-4-10)13(14)12-9-16-8-7-15(12)2/h10-13H,3-9,14H2,1-2H3. The Morgan fingerprint density at radius 2 is 1.94 bits per heavy atom. The quantitative estimate of drug-likeness (QED) is 0.805. The van der Waals surface area contributed by atoms with Crippen molar-refractivity contribution in [3.63, 3.8) is 0 Å². The van der Waals surface area contributed by atoms with Gasteiger partial charge in [0, 0.05) is 30.1 Å². The molecule has 1 aliphatic carbocycles. The molecular formula is C13H26N2S. The van der Waals surface area contributed by atoms with Crippen LogP contribution in [-0.2, 0) is 0 Å². The summed E-state index contributed by atoms with van der Waals surface area (Å²) in [4.78, 5) is 2.49. The van der Waals surface area contributed by atoms with Gasteiger partial charge in [0.1, 0.15) is 0 Å². The lowest BCUT2D eigenvalue weighted by Gasteiger charge is -2.41. The van der Waals surface area contributed by atoms with E-state index in [0.29, 0.717) is 12.1 Å².